The largest absolute Gasteiger partial charge is 0.462 e. The van der Waals surface area contributed by atoms with Crippen molar-refractivity contribution < 1.29 is 14.3 Å². The average Bonchev–Trinajstić information content (AvgIpc) is 3.32. The van der Waals surface area contributed by atoms with Crippen LogP contribution in [0.3, 0.4) is 0 Å². The molecule has 0 saturated carbocycles. The molecule has 4 rings (SSSR count). The minimum absolute atomic E-state index is 0.235. The Balaban J connectivity index is 1.67. The molecule has 0 spiro atoms. The van der Waals surface area contributed by atoms with Crippen LogP contribution in [-0.4, -0.2) is 42.9 Å². The molecule has 3 aromatic heterocycles. The van der Waals surface area contributed by atoms with Crippen molar-refractivity contribution in [3.63, 3.8) is 0 Å². The van der Waals surface area contributed by atoms with Gasteiger partial charge in [0.25, 0.3) is 5.91 Å². The first-order valence-electron chi connectivity index (χ1n) is 9.40. The summed E-state index contributed by atoms with van der Waals surface area (Å²) >= 11 is 0. The second kappa shape index (κ2) is 7.78. The zero-order valence-electron chi connectivity index (χ0n) is 16.8. The van der Waals surface area contributed by atoms with E-state index in [1.54, 1.807) is 47.7 Å². The summed E-state index contributed by atoms with van der Waals surface area (Å²) in [5, 5.41) is 11.3. The van der Waals surface area contributed by atoms with Gasteiger partial charge in [0, 0.05) is 30.2 Å². The molecule has 0 aliphatic heterocycles. The van der Waals surface area contributed by atoms with Crippen molar-refractivity contribution in [1.29, 1.82) is 0 Å². The maximum absolute atomic E-state index is 12.6. The van der Waals surface area contributed by atoms with Crippen LogP contribution in [0.2, 0.25) is 0 Å². The average molecular weight is 404 g/mol. The molecule has 9 nitrogen and oxygen atoms in total. The zero-order chi connectivity index (χ0) is 21.3. The van der Waals surface area contributed by atoms with E-state index < -0.39 is 5.97 Å². The number of anilines is 1. The second-order valence-electron chi connectivity index (χ2n) is 6.65. The van der Waals surface area contributed by atoms with E-state index in [1.807, 2.05) is 25.1 Å². The molecular formula is C21H20N6O3. The summed E-state index contributed by atoms with van der Waals surface area (Å²) in [6, 6.07) is 9.17. The topological polar surface area (TPSA) is 103 Å². The van der Waals surface area contributed by atoms with Gasteiger partial charge in [-0.2, -0.15) is 10.2 Å². The standard InChI is InChI=1S/C21H20N6O3/c1-4-30-21(29)17-12-24-27-18(8-9-22-19(17)27)14-6-5-7-15(10-14)25-20(28)16-11-23-26(3)13(16)2/h5-12H,4H2,1-3H3,(H,25,28). The Morgan fingerprint density at radius 2 is 1.93 bits per heavy atom. The van der Waals surface area contributed by atoms with Gasteiger partial charge in [0.05, 0.1) is 30.3 Å². The maximum Gasteiger partial charge on any atom is 0.343 e. The van der Waals surface area contributed by atoms with E-state index in [-0.39, 0.29) is 12.5 Å². The Kier molecular flexibility index (Phi) is 5.01. The van der Waals surface area contributed by atoms with Crippen LogP contribution in [0.4, 0.5) is 5.69 Å². The van der Waals surface area contributed by atoms with Crippen LogP contribution >= 0.6 is 0 Å². The number of ether oxygens (including phenoxy) is 1. The van der Waals surface area contributed by atoms with Gasteiger partial charge in [-0.15, -0.1) is 0 Å². The highest BCUT2D eigenvalue weighted by Crippen LogP contribution is 2.24. The lowest BCUT2D eigenvalue weighted by atomic mass is 10.1. The van der Waals surface area contributed by atoms with Gasteiger partial charge in [0.2, 0.25) is 0 Å². The van der Waals surface area contributed by atoms with Gasteiger partial charge >= 0.3 is 5.97 Å². The van der Waals surface area contributed by atoms with Gasteiger partial charge in [0.15, 0.2) is 5.65 Å². The molecule has 1 N–H and O–H groups in total. The van der Waals surface area contributed by atoms with Crippen molar-refractivity contribution in [2.45, 2.75) is 13.8 Å². The summed E-state index contributed by atoms with van der Waals surface area (Å²) in [5.74, 6) is -0.702. The molecule has 0 aliphatic rings. The van der Waals surface area contributed by atoms with E-state index in [0.717, 1.165) is 17.0 Å². The highest BCUT2D eigenvalue weighted by Gasteiger charge is 2.18. The number of aryl methyl sites for hydroxylation is 1. The predicted octanol–water partition coefficient (Wildman–Crippen LogP) is 2.87. The Bertz CT molecular complexity index is 1260. The first-order valence-corrected chi connectivity index (χ1v) is 9.40. The smallest absolute Gasteiger partial charge is 0.343 e. The lowest BCUT2D eigenvalue weighted by Crippen LogP contribution is -2.13. The van der Waals surface area contributed by atoms with Crippen LogP contribution in [0.15, 0.2) is 48.9 Å². The summed E-state index contributed by atoms with van der Waals surface area (Å²) in [7, 11) is 1.79. The summed E-state index contributed by atoms with van der Waals surface area (Å²) < 4.78 is 8.30. The number of carbonyl (C=O) groups excluding carboxylic acids is 2. The van der Waals surface area contributed by atoms with Crippen molar-refractivity contribution >= 4 is 23.2 Å². The molecule has 4 aromatic rings. The third-order valence-corrected chi connectivity index (χ3v) is 4.79. The minimum Gasteiger partial charge on any atom is -0.462 e. The summed E-state index contributed by atoms with van der Waals surface area (Å²) in [6.45, 7) is 3.86. The molecule has 0 fully saturated rings. The number of nitrogens with one attached hydrogen (secondary N) is 1. The van der Waals surface area contributed by atoms with Crippen molar-refractivity contribution in [1.82, 2.24) is 24.4 Å². The summed E-state index contributed by atoms with van der Waals surface area (Å²) in [6.07, 6.45) is 4.60. The maximum atomic E-state index is 12.6. The molecule has 152 valence electrons. The number of fused-ring (bicyclic) bond motifs is 1. The highest BCUT2D eigenvalue weighted by molar-refractivity contribution is 6.05. The number of hydrogen-bond donors (Lipinski definition) is 1. The number of aromatic nitrogens is 5. The van der Waals surface area contributed by atoms with Crippen LogP contribution in [0, 0.1) is 6.92 Å². The number of carbonyl (C=O) groups is 2. The van der Waals surface area contributed by atoms with Crippen molar-refractivity contribution in [3.05, 3.63) is 65.7 Å². The predicted molar refractivity (Wildman–Crippen MR) is 110 cm³/mol. The molecule has 0 aliphatic carbocycles. The Morgan fingerprint density at radius 1 is 1.13 bits per heavy atom. The van der Waals surface area contributed by atoms with Crippen molar-refractivity contribution in [3.8, 4) is 11.3 Å². The first kappa shape index (κ1) is 19.3. The first-order chi connectivity index (χ1) is 14.5. The molecule has 0 bridgehead atoms. The van der Waals surface area contributed by atoms with Crippen LogP contribution in [0.5, 0.6) is 0 Å². The second-order valence-corrected chi connectivity index (χ2v) is 6.65. The van der Waals surface area contributed by atoms with Gasteiger partial charge < -0.3 is 10.1 Å². The Morgan fingerprint density at radius 3 is 2.67 bits per heavy atom. The SMILES string of the molecule is CCOC(=O)c1cnn2c(-c3cccc(NC(=O)c4cnn(C)c4C)c3)ccnc12. The molecule has 0 radical (unpaired) electrons. The molecule has 0 saturated heterocycles. The van der Waals surface area contributed by atoms with E-state index in [2.05, 4.69) is 20.5 Å². The van der Waals surface area contributed by atoms with E-state index in [4.69, 9.17) is 4.74 Å². The van der Waals surface area contributed by atoms with Crippen molar-refractivity contribution in [2.24, 2.45) is 7.05 Å². The normalized spacial score (nSPS) is 10.9. The fourth-order valence-corrected chi connectivity index (χ4v) is 3.14. The van der Waals surface area contributed by atoms with E-state index in [9.17, 15) is 9.59 Å². The third kappa shape index (κ3) is 3.41. The quantitative estimate of drug-likeness (QED) is 0.513. The molecule has 0 atom stereocenters. The van der Waals surface area contributed by atoms with Gasteiger partial charge in [-0.3, -0.25) is 9.48 Å². The number of esters is 1. The number of benzene rings is 1. The number of amides is 1. The lowest BCUT2D eigenvalue weighted by molar-refractivity contribution is 0.0528. The lowest BCUT2D eigenvalue weighted by Gasteiger charge is -2.09. The monoisotopic (exact) mass is 404 g/mol. The Labute approximate surface area is 172 Å². The van der Waals surface area contributed by atoms with Gasteiger partial charge in [-0.25, -0.2) is 14.3 Å². The van der Waals surface area contributed by atoms with Gasteiger partial charge in [-0.1, -0.05) is 12.1 Å². The molecule has 1 aromatic carbocycles. The highest BCUT2D eigenvalue weighted by atomic mass is 16.5. The molecule has 1 amide bonds. The van der Waals surface area contributed by atoms with Crippen LogP contribution in [0.1, 0.15) is 33.3 Å². The molecular weight excluding hydrogens is 384 g/mol. The van der Waals surface area contributed by atoms with Crippen molar-refractivity contribution in [2.75, 3.05) is 11.9 Å². The van der Waals surface area contributed by atoms with Crippen LogP contribution in [-0.2, 0) is 11.8 Å². The van der Waals surface area contributed by atoms with Crippen LogP contribution < -0.4 is 5.32 Å². The fourth-order valence-electron chi connectivity index (χ4n) is 3.14. The van der Waals surface area contributed by atoms with Gasteiger partial charge in [-0.05, 0) is 32.0 Å². The van der Waals surface area contributed by atoms with Crippen LogP contribution in [0.25, 0.3) is 16.9 Å². The number of hydrogen-bond acceptors (Lipinski definition) is 6. The zero-order valence-corrected chi connectivity index (χ0v) is 16.8. The van der Waals surface area contributed by atoms with E-state index >= 15 is 0 Å². The summed E-state index contributed by atoms with van der Waals surface area (Å²) in [5.41, 5.74) is 4.17. The third-order valence-electron chi connectivity index (χ3n) is 4.79. The van der Waals surface area contributed by atoms with Gasteiger partial charge in [0.1, 0.15) is 5.56 Å². The minimum atomic E-state index is -0.468. The number of nitrogens with zero attached hydrogens (tertiary/aromatic N) is 5. The molecule has 30 heavy (non-hydrogen) atoms. The Hall–Kier alpha value is -4.01. The number of rotatable bonds is 5. The molecule has 9 heteroatoms. The summed E-state index contributed by atoms with van der Waals surface area (Å²) in [4.78, 5) is 29.0. The molecule has 0 unspecified atom stereocenters. The fraction of sp³-hybridized carbons (Fsp3) is 0.190. The van der Waals surface area contributed by atoms with E-state index in [1.165, 1.54) is 6.20 Å². The molecule has 3 heterocycles. The van der Waals surface area contributed by atoms with E-state index in [0.29, 0.717) is 22.5 Å².